The molecule has 1 saturated heterocycles. The number of nitrogens with one attached hydrogen (secondary N) is 1. The molecule has 1 aliphatic rings. The molecule has 2 aromatic carbocycles. The van der Waals surface area contributed by atoms with Crippen molar-refractivity contribution in [1.82, 2.24) is 9.62 Å². The van der Waals surface area contributed by atoms with Crippen molar-refractivity contribution in [3.8, 4) is 0 Å². The maximum Gasteiger partial charge on any atom is 0.243 e. The third-order valence-corrected chi connectivity index (χ3v) is 7.78. The van der Waals surface area contributed by atoms with Gasteiger partial charge in [0, 0.05) is 31.1 Å². The number of piperidine rings is 1. The third-order valence-electron chi connectivity index (χ3n) is 4.90. The van der Waals surface area contributed by atoms with Gasteiger partial charge in [-0.3, -0.25) is 4.79 Å². The minimum atomic E-state index is -3.58. The van der Waals surface area contributed by atoms with Gasteiger partial charge in [-0.2, -0.15) is 16.1 Å². The second-order valence-electron chi connectivity index (χ2n) is 6.95. The van der Waals surface area contributed by atoms with Gasteiger partial charge in [0.2, 0.25) is 15.9 Å². The topological polar surface area (TPSA) is 66.5 Å². The Kier molecular flexibility index (Phi) is 7.69. The average Bonchev–Trinajstić information content (AvgIpc) is 2.75. The van der Waals surface area contributed by atoms with Crippen LogP contribution in [0.15, 0.2) is 59.5 Å². The summed E-state index contributed by atoms with van der Waals surface area (Å²) in [5, 5.41) is 2.89. The lowest BCUT2D eigenvalue weighted by atomic mass is 9.99. The largest absolute Gasteiger partial charge is 0.355 e. The Hall–Kier alpha value is -1.90. The fraction of sp³-hybridized carbons (Fsp3) is 0.381. The number of carbonyl (C=O) groups excluding carboxylic acids is 1. The van der Waals surface area contributed by atoms with Crippen LogP contribution in [-0.2, 0) is 20.6 Å². The Labute approximate surface area is 175 Å². The molecule has 0 aliphatic carbocycles. The van der Waals surface area contributed by atoms with Crippen molar-refractivity contribution in [2.24, 2.45) is 5.92 Å². The van der Waals surface area contributed by atoms with E-state index < -0.39 is 10.0 Å². The summed E-state index contributed by atoms with van der Waals surface area (Å²) in [6.07, 6.45) is 1.33. The van der Waals surface area contributed by atoms with Crippen LogP contribution in [0, 0.1) is 11.7 Å². The van der Waals surface area contributed by atoms with E-state index >= 15 is 0 Å². The molecule has 3 rings (SSSR count). The molecule has 0 saturated carbocycles. The first-order valence-corrected chi connectivity index (χ1v) is 12.2. The van der Waals surface area contributed by atoms with Crippen LogP contribution in [0.1, 0.15) is 18.4 Å². The molecule has 1 fully saturated rings. The van der Waals surface area contributed by atoms with Crippen molar-refractivity contribution in [3.05, 3.63) is 66.0 Å². The molecule has 0 bridgehead atoms. The van der Waals surface area contributed by atoms with E-state index in [-0.39, 0.29) is 29.1 Å². The summed E-state index contributed by atoms with van der Waals surface area (Å²) in [6.45, 7) is 1.10. The molecule has 1 heterocycles. The van der Waals surface area contributed by atoms with Crippen LogP contribution in [0.4, 0.5) is 4.39 Å². The van der Waals surface area contributed by atoms with Crippen LogP contribution < -0.4 is 5.32 Å². The van der Waals surface area contributed by atoms with Crippen LogP contribution in [0.2, 0.25) is 0 Å². The monoisotopic (exact) mass is 436 g/mol. The first kappa shape index (κ1) is 21.8. The Morgan fingerprint density at radius 1 is 1.14 bits per heavy atom. The maximum atomic E-state index is 13.6. The predicted molar refractivity (Wildman–Crippen MR) is 113 cm³/mol. The molecule has 5 nitrogen and oxygen atoms in total. The number of amides is 1. The van der Waals surface area contributed by atoms with Crippen LogP contribution in [0.5, 0.6) is 0 Å². The van der Waals surface area contributed by atoms with E-state index in [9.17, 15) is 17.6 Å². The zero-order chi connectivity index (χ0) is 20.7. The zero-order valence-electron chi connectivity index (χ0n) is 16.1. The van der Waals surface area contributed by atoms with Gasteiger partial charge >= 0.3 is 0 Å². The van der Waals surface area contributed by atoms with E-state index in [0.717, 1.165) is 0 Å². The number of benzene rings is 2. The summed E-state index contributed by atoms with van der Waals surface area (Å²) in [7, 11) is -3.58. The second kappa shape index (κ2) is 10.2. The lowest BCUT2D eigenvalue weighted by molar-refractivity contribution is -0.125. The van der Waals surface area contributed by atoms with Crippen molar-refractivity contribution in [1.29, 1.82) is 0 Å². The average molecular weight is 437 g/mol. The van der Waals surface area contributed by atoms with E-state index in [4.69, 9.17) is 0 Å². The fourth-order valence-electron chi connectivity index (χ4n) is 3.30. The molecular weight excluding hydrogens is 411 g/mol. The van der Waals surface area contributed by atoms with Crippen LogP contribution >= 0.6 is 11.8 Å². The van der Waals surface area contributed by atoms with Crippen LogP contribution in [0.25, 0.3) is 0 Å². The van der Waals surface area contributed by atoms with E-state index in [0.29, 0.717) is 43.0 Å². The number of hydrogen-bond donors (Lipinski definition) is 1. The van der Waals surface area contributed by atoms with Gasteiger partial charge in [0.25, 0.3) is 0 Å². The molecule has 1 N–H and O–H groups in total. The molecule has 0 spiro atoms. The summed E-state index contributed by atoms with van der Waals surface area (Å²) in [5.41, 5.74) is 0.651. The normalized spacial score (nSPS) is 17.8. The van der Waals surface area contributed by atoms with Gasteiger partial charge in [-0.1, -0.05) is 36.4 Å². The van der Waals surface area contributed by atoms with Crippen molar-refractivity contribution >= 4 is 27.7 Å². The summed E-state index contributed by atoms with van der Waals surface area (Å²) < 4.78 is 40.5. The van der Waals surface area contributed by atoms with Gasteiger partial charge in [-0.05, 0) is 36.6 Å². The Morgan fingerprint density at radius 2 is 1.86 bits per heavy atom. The fourth-order valence-corrected chi connectivity index (χ4v) is 5.69. The Morgan fingerprint density at radius 3 is 2.62 bits per heavy atom. The van der Waals surface area contributed by atoms with Crippen LogP contribution in [-0.4, -0.2) is 44.0 Å². The van der Waals surface area contributed by atoms with E-state index in [2.05, 4.69) is 5.32 Å². The van der Waals surface area contributed by atoms with Crippen molar-refractivity contribution in [3.63, 3.8) is 0 Å². The Balaban J connectivity index is 1.45. The van der Waals surface area contributed by atoms with E-state index in [1.165, 1.54) is 10.4 Å². The highest BCUT2D eigenvalue weighted by molar-refractivity contribution is 7.98. The van der Waals surface area contributed by atoms with Gasteiger partial charge in [-0.15, -0.1) is 0 Å². The number of thioether (sulfide) groups is 1. The molecule has 1 amide bonds. The molecule has 8 heteroatoms. The third kappa shape index (κ3) is 5.81. The summed E-state index contributed by atoms with van der Waals surface area (Å²) in [4.78, 5) is 12.7. The molecule has 0 unspecified atom stereocenters. The SMILES string of the molecule is O=C(NCCSCc1ccccc1F)[C@@H]1CCCN(S(=O)(=O)c2ccccc2)C1. The van der Waals surface area contributed by atoms with Gasteiger partial charge in [0.15, 0.2) is 0 Å². The zero-order valence-corrected chi connectivity index (χ0v) is 17.7. The second-order valence-corrected chi connectivity index (χ2v) is 9.99. The Bertz CT molecular complexity index is 923. The molecule has 0 radical (unpaired) electrons. The van der Waals surface area contributed by atoms with Crippen molar-refractivity contribution < 1.29 is 17.6 Å². The minimum Gasteiger partial charge on any atom is -0.355 e. The first-order chi connectivity index (χ1) is 14.0. The van der Waals surface area contributed by atoms with Crippen molar-refractivity contribution in [2.45, 2.75) is 23.5 Å². The smallest absolute Gasteiger partial charge is 0.243 e. The first-order valence-electron chi connectivity index (χ1n) is 9.62. The molecule has 2 aromatic rings. The number of carbonyl (C=O) groups is 1. The molecule has 0 aromatic heterocycles. The number of halogens is 1. The van der Waals surface area contributed by atoms with Gasteiger partial charge in [-0.25, -0.2) is 12.8 Å². The summed E-state index contributed by atoms with van der Waals surface area (Å²) in [5.74, 6) is 0.530. The highest BCUT2D eigenvalue weighted by Gasteiger charge is 2.33. The predicted octanol–water partition coefficient (Wildman–Crippen LogP) is 3.28. The number of nitrogens with zero attached hydrogens (tertiary/aromatic N) is 1. The summed E-state index contributed by atoms with van der Waals surface area (Å²) >= 11 is 1.55. The van der Waals surface area contributed by atoms with E-state index in [1.807, 2.05) is 0 Å². The van der Waals surface area contributed by atoms with Crippen molar-refractivity contribution in [2.75, 3.05) is 25.4 Å². The highest BCUT2D eigenvalue weighted by atomic mass is 32.2. The number of rotatable bonds is 8. The maximum absolute atomic E-state index is 13.6. The molecule has 29 heavy (non-hydrogen) atoms. The highest BCUT2D eigenvalue weighted by Crippen LogP contribution is 2.24. The molecule has 1 aliphatic heterocycles. The summed E-state index contributed by atoms with van der Waals surface area (Å²) in [6, 6.07) is 15.0. The van der Waals surface area contributed by atoms with Crippen LogP contribution in [0.3, 0.4) is 0 Å². The molecule has 156 valence electrons. The lowest BCUT2D eigenvalue weighted by Crippen LogP contribution is -2.45. The van der Waals surface area contributed by atoms with Gasteiger partial charge < -0.3 is 5.32 Å². The molecule has 1 atom stereocenters. The van der Waals surface area contributed by atoms with Gasteiger partial charge in [0.05, 0.1) is 10.8 Å². The number of sulfonamides is 1. The standard InChI is InChI=1S/C21H25FN2O3S2/c22-20-11-5-4-7-18(20)16-28-14-12-23-21(25)17-8-6-13-24(15-17)29(26,27)19-9-2-1-3-10-19/h1-5,7,9-11,17H,6,8,12-16H2,(H,23,25)/t17-/m1/s1. The lowest BCUT2D eigenvalue weighted by Gasteiger charge is -2.31. The number of hydrogen-bond acceptors (Lipinski definition) is 4. The van der Waals surface area contributed by atoms with Gasteiger partial charge in [0.1, 0.15) is 5.82 Å². The molecular formula is C21H25FN2O3S2. The minimum absolute atomic E-state index is 0.121. The van der Waals surface area contributed by atoms with E-state index in [1.54, 1.807) is 60.3 Å². The quantitative estimate of drug-likeness (QED) is 0.645.